The van der Waals surface area contributed by atoms with E-state index in [1.165, 1.54) is 23.9 Å². The molecule has 11 heteroatoms. The van der Waals surface area contributed by atoms with E-state index in [9.17, 15) is 24.5 Å². The third kappa shape index (κ3) is 6.77. The third-order valence-electron chi connectivity index (χ3n) is 3.36. The molecule has 0 atom stereocenters. The number of hydrogen-bond acceptors (Lipinski definition) is 7. The van der Waals surface area contributed by atoms with Crippen LogP contribution in [0.1, 0.15) is 17.3 Å². The molecule has 0 radical (unpaired) electrons. The summed E-state index contributed by atoms with van der Waals surface area (Å²) >= 11 is 7.03. The van der Waals surface area contributed by atoms with Crippen LogP contribution in [0.15, 0.2) is 52.3 Å². The predicted molar refractivity (Wildman–Crippen MR) is 106 cm³/mol. The van der Waals surface area contributed by atoms with Gasteiger partial charge in [-0.15, -0.1) is 0 Å². The van der Waals surface area contributed by atoms with Crippen LogP contribution in [0.3, 0.4) is 0 Å². The number of esters is 1. The van der Waals surface area contributed by atoms with E-state index in [1.807, 2.05) is 5.32 Å². The standard InChI is InChI=1S/C18H16ClN3O6S/c1-2-20-18(25)21-16(23)10-28-17(24)14-9-12(22(26)27)5-8-15(14)29-13-6-3-11(19)4-7-13/h3-9H,2,10H2,1H3,(H2,20,21,23,25). The number of nitrogens with zero attached hydrogens (tertiary/aromatic N) is 1. The van der Waals surface area contributed by atoms with Crippen molar-refractivity contribution in [3.63, 3.8) is 0 Å². The maximum atomic E-state index is 12.4. The second-order valence-corrected chi connectivity index (χ2v) is 7.03. The molecule has 0 fully saturated rings. The maximum Gasteiger partial charge on any atom is 0.340 e. The molecule has 0 aromatic heterocycles. The molecule has 2 aromatic carbocycles. The molecule has 9 nitrogen and oxygen atoms in total. The normalized spacial score (nSPS) is 10.1. The Hall–Kier alpha value is -3.11. The van der Waals surface area contributed by atoms with E-state index in [4.69, 9.17) is 16.3 Å². The Bertz CT molecular complexity index is 936. The van der Waals surface area contributed by atoms with Gasteiger partial charge in [0.05, 0.1) is 10.5 Å². The number of non-ortho nitro benzene ring substituents is 1. The molecule has 0 saturated heterocycles. The highest BCUT2D eigenvalue weighted by atomic mass is 35.5. The van der Waals surface area contributed by atoms with E-state index >= 15 is 0 Å². The Kier molecular flexibility index (Phi) is 7.98. The van der Waals surface area contributed by atoms with Crippen molar-refractivity contribution in [3.05, 3.63) is 63.2 Å². The van der Waals surface area contributed by atoms with Crippen LogP contribution in [-0.4, -0.2) is 36.0 Å². The van der Waals surface area contributed by atoms with Gasteiger partial charge < -0.3 is 10.1 Å². The van der Waals surface area contributed by atoms with E-state index in [1.54, 1.807) is 31.2 Å². The Morgan fingerprint density at radius 1 is 1.17 bits per heavy atom. The van der Waals surface area contributed by atoms with Gasteiger partial charge in [-0.05, 0) is 37.3 Å². The third-order valence-corrected chi connectivity index (χ3v) is 4.70. The van der Waals surface area contributed by atoms with Gasteiger partial charge in [-0.2, -0.15) is 0 Å². The van der Waals surface area contributed by atoms with E-state index < -0.39 is 29.4 Å². The molecule has 152 valence electrons. The summed E-state index contributed by atoms with van der Waals surface area (Å²) < 4.78 is 4.91. The first-order valence-electron chi connectivity index (χ1n) is 8.26. The summed E-state index contributed by atoms with van der Waals surface area (Å²) in [6.45, 7) is 1.27. The maximum absolute atomic E-state index is 12.4. The number of nitrogens with one attached hydrogen (secondary N) is 2. The predicted octanol–water partition coefficient (Wildman–Crippen LogP) is 3.40. The molecule has 0 spiro atoms. The van der Waals surface area contributed by atoms with Crippen molar-refractivity contribution in [2.45, 2.75) is 16.7 Å². The van der Waals surface area contributed by atoms with Gasteiger partial charge in [-0.25, -0.2) is 9.59 Å². The summed E-state index contributed by atoms with van der Waals surface area (Å²) in [5.41, 5.74) is -0.380. The highest BCUT2D eigenvalue weighted by Gasteiger charge is 2.20. The number of imide groups is 1. The minimum Gasteiger partial charge on any atom is -0.452 e. The Labute approximate surface area is 174 Å². The number of carbonyl (C=O) groups is 3. The first-order valence-corrected chi connectivity index (χ1v) is 9.46. The van der Waals surface area contributed by atoms with Crippen LogP contribution in [0, 0.1) is 10.1 Å². The molecule has 0 heterocycles. The Balaban J connectivity index is 2.17. The molecular weight excluding hydrogens is 422 g/mol. The number of nitro benzene ring substituents is 1. The lowest BCUT2D eigenvalue weighted by molar-refractivity contribution is -0.384. The van der Waals surface area contributed by atoms with Crippen molar-refractivity contribution in [2.24, 2.45) is 0 Å². The zero-order chi connectivity index (χ0) is 21.4. The fraction of sp³-hybridized carbons (Fsp3) is 0.167. The van der Waals surface area contributed by atoms with E-state index in [0.717, 1.165) is 11.0 Å². The van der Waals surface area contributed by atoms with Gasteiger partial charge in [0.2, 0.25) is 0 Å². The zero-order valence-electron chi connectivity index (χ0n) is 15.1. The summed E-state index contributed by atoms with van der Waals surface area (Å²) in [4.78, 5) is 47.0. The molecule has 0 aliphatic heterocycles. The monoisotopic (exact) mass is 437 g/mol. The summed E-state index contributed by atoms with van der Waals surface area (Å²) in [7, 11) is 0. The second-order valence-electron chi connectivity index (χ2n) is 5.48. The topological polar surface area (TPSA) is 128 Å². The van der Waals surface area contributed by atoms with Gasteiger partial charge in [-0.1, -0.05) is 23.4 Å². The Morgan fingerprint density at radius 3 is 2.48 bits per heavy atom. The van der Waals surface area contributed by atoms with Crippen LogP contribution in [0.25, 0.3) is 0 Å². The molecule has 0 bridgehead atoms. The minimum atomic E-state index is -0.934. The number of amides is 3. The van der Waals surface area contributed by atoms with Crippen molar-refractivity contribution in [2.75, 3.05) is 13.2 Å². The fourth-order valence-corrected chi connectivity index (χ4v) is 3.13. The number of urea groups is 1. The molecule has 0 saturated carbocycles. The van der Waals surface area contributed by atoms with Crippen LogP contribution < -0.4 is 10.6 Å². The fourth-order valence-electron chi connectivity index (χ4n) is 2.09. The number of hydrogen-bond donors (Lipinski definition) is 2. The van der Waals surface area contributed by atoms with Gasteiger partial charge in [0, 0.05) is 33.5 Å². The number of ether oxygens (including phenoxy) is 1. The molecule has 0 aliphatic carbocycles. The largest absolute Gasteiger partial charge is 0.452 e. The lowest BCUT2D eigenvalue weighted by atomic mass is 10.2. The summed E-state index contributed by atoms with van der Waals surface area (Å²) in [5, 5.41) is 15.9. The summed E-state index contributed by atoms with van der Waals surface area (Å²) in [5.74, 6) is -1.77. The van der Waals surface area contributed by atoms with Gasteiger partial charge >= 0.3 is 12.0 Å². The molecule has 0 unspecified atom stereocenters. The Morgan fingerprint density at radius 2 is 1.86 bits per heavy atom. The van der Waals surface area contributed by atoms with Crippen LogP contribution in [0.2, 0.25) is 5.02 Å². The average molecular weight is 438 g/mol. The molecule has 2 rings (SSSR count). The molecular formula is C18H16ClN3O6S. The van der Waals surface area contributed by atoms with Gasteiger partial charge in [0.1, 0.15) is 0 Å². The van der Waals surface area contributed by atoms with Crippen molar-refractivity contribution >= 4 is 47.0 Å². The first kappa shape index (κ1) is 22.2. The van der Waals surface area contributed by atoms with Crippen LogP contribution in [0.5, 0.6) is 0 Å². The number of nitro groups is 1. The zero-order valence-corrected chi connectivity index (χ0v) is 16.7. The molecule has 0 aliphatic rings. The second kappa shape index (κ2) is 10.4. The van der Waals surface area contributed by atoms with Crippen LogP contribution in [-0.2, 0) is 9.53 Å². The number of benzene rings is 2. The summed E-state index contributed by atoms with van der Waals surface area (Å²) in [6.07, 6.45) is 0. The van der Waals surface area contributed by atoms with E-state index in [0.29, 0.717) is 16.5 Å². The first-order chi connectivity index (χ1) is 13.8. The van der Waals surface area contributed by atoms with Crippen molar-refractivity contribution in [3.8, 4) is 0 Å². The molecule has 2 aromatic rings. The molecule has 2 N–H and O–H groups in total. The highest BCUT2D eigenvalue weighted by molar-refractivity contribution is 7.99. The molecule has 29 heavy (non-hydrogen) atoms. The highest BCUT2D eigenvalue weighted by Crippen LogP contribution is 2.33. The number of carbonyl (C=O) groups excluding carboxylic acids is 3. The quantitative estimate of drug-likeness (QED) is 0.386. The smallest absolute Gasteiger partial charge is 0.340 e. The van der Waals surface area contributed by atoms with E-state index in [-0.39, 0.29) is 11.3 Å². The number of halogens is 1. The van der Waals surface area contributed by atoms with Crippen molar-refractivity contribution in [1.29, 1.82) is 0 Å². The lowest BCUT2D eigenvalue weighted by Crippen LogP contribution is -2.41. The summed E-state index contributed by atoms with van der Waals surface area (Å²) in [6, 6.07) is 9.81. The van der Waals surface area contributed by atoms with Crippen molar-refractivity contribution < 1.29 is 24.0 Å². The SMILES string of the molecule is CCNC(=O)NC(=O)COC(=O)c1cc([N+](=O)[O-])ccc1Sc1ccc(Cl)cc1. The van der Waals surface area contributed by atoms with Gasteiger partial charge in [0.15, 0.2) is 6.61 Å². The van der Waals surface area contributed by atoms with Crippen LogP contribution in [0.4, 0.5) is 10.5 Å². The molecule has 3 amide bonds. The lowest BCUT2D eigenvalue weighted by Gasteiger charge is -2.10. The number of rotatable bonds is 7. The van der Waals surface area contributed by atoms with Gasteiger partial charge in [0.25, 0.3) is 11.6 Å². The van der Waals surface area contributed by atoms with Gasteiger partial charge in [-0.3, -0.25) is 20.2 Å². The van der Waals surface area contributed by atoms with Crippen LogP contribution >= 0.6 is 23.4 Å². The van der Waals surface area contributed by atoms with E-state index in [2.05, 4.69) is 5.32 Å². The average Bonchev–Trinajstić information content (AvgIpc) is 2.68. The van der Waals surface area contributed by atoms with Crippen molar-refractivity contribution in [1.82, 2.24) is 10.6 Å². The minimum absolute atomic E-state index is 0.0787.